The van der Waals surface area contributed by atoms with Gasteiger partial charge in [0.25, 0.3) is 5.97 Å². The summed E-state index contributed by atoms with van der Waals surface area (Å²) >= 11 is 0. The first kappa shape index (κ1) is 34.7. The van der Waals surface area contributed by atoms with E-state index in [0.717, 1.165) is 6.92 Å². The zero-order valence-electron chi connectivity index (χ0n) is 18.5. The van der Waals surface area contributed by atoms with Gasteiger partial charge >= 0.3 is 5.97 Å². The molecule has 0 fully saturated rings. The average molecular weight is 429 g/mol. The highest BCUT2D eigenvalue weighted by atomic mass is 16.4. The van der Waals surface area contributed by atoms with E-state index in [-0.39, 0.29) is 13.2 Å². The Morgan fingerprint density at radius 1 is 1.00 bits per heavy atom. The molecule has 29 heavy (non-hydrogen) atoms. The zero-order chi connectivity index (χ0) is 24.4. The number of hydrogen-bond donors (Lipinski definition) is 8. The molecule has 11 nitrogen and oxygen atoms in total. The van der Waals surface area contributed by atoms with Gasteiger partial charge in [0.15, 0.2) is 0 Å². The van der Waals surface area contributed by atoms with Crippen molar-refractivity contribution in [3.63, 3.8) is 0 Å². The second-order valence-electron chi connectivity index (χ2n) is 7.73. The Hall–Kier alpha value is -1.79. The largest absolute Gasteiger partial charge is 0.481 e. The summed E-state index contributed by atoms with van der Waals surface area (Å²) in [6, 6.07) is 0. The third kappa shape index (κ3) is 31.1. The lowest BCUT2D eigenvalue weighted by Crippen LogP contribution is -2.45. The van der Waals surface area contributed by atoms with Crippen molar-refractivity contribution >= 4 is 17.8 Å². The van der Waals surface area contributed by atoms with E-state index < -0.39 is 41.0 Å². The van der Waals surface area contributed by atoms with Gasteiger partial charge in [-0.3, -0.25) is 14.4 Å². The van der Waals surface area contributed by atoms with E-state index >= 15 is 0 Å². The van der Waals surface area contributed by atoms with Crippen LogP contribution in [0.4, 0.5) is 0 Å². The van der Waals surface area contributed by atoms with Crippen molar-refractivity contribution in [2.75, 3.05) is 19.8 Å². The van der Waals surface area contributed by atoms with Crippen LogP contribution >= 0.6 is 0 Å². The summed E-state index contributed by atoms with van der Waals surface area (Å²) in [5.41, 5.74) is 3.24. The third-order valence-corrected chi connectivity index (χ3v) is 2.67. The first-order valence-corrected chi connectivity index (χ1v) is 8.90. The molecule has 0 spiro atoms. The summed E-state index contributed by atoms with van der Waals surface area (Å²) in [5, 5.41) is 52.8. The number of aliphatic hydroxyl groups excluding tert-OH is 4. The van der Waals surface area contributed by atoms with Gasteiger partial charge in [-0.25, -0.2) is 0 Å². The predicted octanol–water partition coefficient (Wildman–Crippen LogP) is -0.644. The standard InChI is InChI=1S/C9H19NO4.C5H10O2.C2H7NO.C2H4O2/c1-9(2,6-12)7(13)8(14)10-4-3-5-11;1-5(2,3)4(6)7;2*1-2(3)4/h7,11-13H,3-6H2,1-2H3,(H,10,14);1-3H3,(H,6,7);2,4H,3H2,1H3;1H3,(H,3,4). The number of aliphatic carboxylic acids is 2. The predicted molar refractivity (Wildman–Crippen MR) is 108 cm³/mol. The topological polar surface area (TPSA) is 211 Å². The van der Waals surface area contributed by atoms with E-state index in [1.54, 1.807) is 34.6 Å². The maximum absolute atomic E-state index is 11.3. The first-order chi connectivity index (χ1) is 12.9. The normalized spacial score (nSPS) is 12.4. The number of carboxylic acid groups (broad SMARTS) is 2. The fraction of sp³-hybridized carbons (Fsp3) is 0.833. The molecule has 1 amide bonds. The van der Waals surface area contributed by atoms with Crippen LogP contribution in [0.15, 0.2) is 0 Å². The molecule has 0 aromatic heterocycles. The highest BCUT2D eigenvalue weighted by molar-refractivity contribution is 5.81. The molecule has 0 rings (SSSR count). The molecule has 0 aromatic rings. The fourth-order valence-corrected chi connectivity index (χ4v) is 0.829. The van der Waals surface area contributed by atoms with Crippen molar-refractivity contribution in [1.29, 1.82) is 0 Å². The van der Waals surface area contributed by atoms with Crippen molar-refractivity contribution in [2.24, 2.45) is 16.6 Å². The van der Waals surface area contributed by atoms with E-state index in [0.29, 0.717) is 13.0 Å². The minimum Gasteiger partial charge on any atom is -0.481 e. The lowest BCUT2D eigenvalue weighted by molar-refractivity contribution is -0.145. The Kier molecular flexibility index (Phi) is 21.8. The van der Waals surface area contributed by atoms with Gasteiger partial charge in [-0.1, -0.05) is 13.8 Å². The molecule has 0 bridgehead atoms. The average Bonchev–Trinajstić information content (AvgIpc) is 2.52. The first-order valence-electron chi connectivity index (χ1n) is 8.90. The van der Waals surface area contributed by atoms with Crippen LogP contribution in [-0.2, 0) is 14.4 Å². The van der Waals surface area contributed by atoms with E-state index in [9.17, 15) is 14.7 Å². The summed E-state index contributed by atoms with van der Waals surface area (Å²) in [5.74, 6) is -2.11. The highest BCUT2D eigenvalue weighted by Gasteiger charge is 2.32. The number of carboxylic acids is 2. The highest BCUT2D eigenvalue weighted by Crippen LogP contribution is 2.19. The van der Waals surface area contributed by atoms with Gasteiger partial charge in [-0.05, 0) is 34.1 Å². The Labute approximate surface area is 172 Å². The molecule has 11 heteroatoms. The van der Waals surface area contributed by atoms with E-state index in [1.807, 2.05) is 0 Å². The number of nitrogens with one attached hydrogen (secondary N) is 1. The fourth-order valence-electron chi connectivity index (χ4n) is 0.829. The molecule has 0 saturated carbocycles. The number of carbonyl (C=O) groups excluding carboxylic acids is 1. The van der Waals surface area contributed by atoms with Gasteiger partial charge in [0, 0.05) is 25.5 Å². The van der Waals surface area contributed by atoms with Gasteiger partial charge < -0.3 is 41.7 Å². The molecule has 9 N–H and O–H groups in total. The Morgan fingerprint density at radius 2 is 1.31 bits per heavy atom. The van der Waals surface area contributed by atoms with Crippen molar-refractivity contribution < 1.29 is 45.0 Å². The second-order valence-corrected chi connectivity index (χ2v) is 7.73. The maximum Gasteiger partial charge on any atom is 0.308 e. The number of rotatable bonds is 6. The van der Waals surface area contributed by atoms with Crippen LogP contribution in [0.25, 0.3) is 0 Å². The van der Waals surface area contributed by atoms with Crippen LogP contribution in [0.2, 0.25) is 0 Å². The van der Waals surface area contributed by atoms with Crippen molar-refractivity contribution in [1.82, 2.24) is 5.32 Å². The lowest BCUT2D eigenvalue weighted by atomic mass is 9.87. The summed E-state index contributed by atoms with van der Waals surface area (Å²) < 4.78 is 0. The Balaban J connectivity index is -0.000000172. The van der Waals surface area contributed by atoms with Crippen LogP contribution < -0.4 is 11.1 Å². The van der Waals surface area contributed by atoms with Crippen molar-refractivity contribution in [3.8, 4) is 0 Å². The van der Waals surface area contributed by atoms with E-state index in [2.05, 4.69) is 11.1 Å². The summed E-state index contributed by atoms with van der Waals surface area (Å²) in [7, 11) is 0. The minimum absolute atomic E-state index is 0.000230. The van der Waals surface area contributed by atoms with Crippen LogP contribution in [0.1, 0.15) is 54.9 Å². The van der Waals surface area contributed by atoms with E-state index in [1.165, 1.54) is 6.92 Å². The Bertz CT molecular complexity index is 440. The van der Waals surface area contributed by atoms with Gasteiger partial charge in [0.2, 0.25) is 5.91 Å². The molecule has 0 saturated heterocycles. The smallest absolute Gasteiger partial charge is 0.308 e. The number of amides is 1. The molecule has 0 aliphatic heterocycles. The van der Waals surface area contributed by atoms with Crippen LogP contribution in [0.3, 0.4) is 0 Å². The van der Waals surface area contributed by atoms with Crippen LogP contribution in [-0.4, -0.2) is 80.6 Å². The molecule has 0 aliphatic rings. The second kappa shape index (κ2) is 18.3. The summed E-state index contributed by atoms with van der Waals surface area (Å²) in [6.07, 6.45) is -1.44. The molecular weight excluding hydrogens is 388 g/mol. The number of hydrogen-bond acceptors (Lipinski definition) is 8. The van der Waals surface area contributed by atoms with Gasteiger partial charge in [0.05, 0.1) is 18.2 Å². The molecular formula is C18H40N2O9. The molecule has 2 unspecified atom stereocenters. The van der Waals surface area contributed by atoms with Crippen molar-refractivity contribution in [3.05, 3.63) is 0 Å². The third-order valence-electron chi connectivity index (χ3n) is 2.67. The molecule has 0 aliphatic carbocycles. The van der Waals surface area contributed by atoms with E-state index in [4.69, 9.17) is 30.3 Å². The van der Waals surface area contributed by atoms with Gasteiger partial charge in [0.1, 0.15) is 6.10 Å². The SMILES string of the molecule is CC(=O)O.CC(C)(C)C(=O)O.CC(C)(CO)C(O)C(=O)NCCCO.CC(N)O. The summed E-state index contributed by atoms with van der Waals surface area (Å²) in [6.45, 7) is 10.8. The monoisotopic (exact) mass is 428 g/mol. The summed E-state index contributed by atoms with van der Waals surface area (Å²) in [4.78, 5) is 30.3. The molecule has 0 heterocycles. The van der Waals surface area contributed by atoms with Gasteiger partial charge in [-0.15, -0.1) is 0 Å². The molecule has 2 atom stereocenters. The maximum atomic E-state index is 11.3. The quantitative estimate of drug-likeness (QED) is 0.198. The number of nitrogens with two attached hydrogens (primary N) is 1. The van der Waals surface area contributed by atoms with Gasteiger partial charge in [-0.2, -0.15) is 0 Å². The zero-order valence-corrected chi connectivity index (χ0v) is 18.5. The van der Waals surface area contributed by atoms with Crippen LogP contribution in [0, 0.1) is 10.8 Å². The minimum atomic E-state index is -1.23. The number of carbonyl (C=O) groups is 3. The van der Waals surface area contributed by atoms with Crippen LogP contribution in [0.5, 0.6) is 0 Å². The molecule has 176 valence electrons. The number of aliphatic hydroxyl groups is 4. The molecule has 0 aromatic carbocycles. The molecule has 0 radical (unpaired) electrons. The lowest BCUT2D eigenvalue weighted by Gasteiger charge is -2.27. The van der Waals surface area contributed by atoms with Crippen molar-refractivity contribution in [2.45, 2.75) is 67.2 Å². The Morgan fingerprint density at radius 3 is 1.52 bits per heavy atom.